The number of nitriles is 1. The molecule has 0 atom stereocenters. The van der Waals surface area contributed by atoms with Crippen molar-refractivity contribution in [2.45, 2.75) is 6.54 Å². The average molecular weight is 539 g/mol. The Kier molecular flexibility index (Phi) is 7.33. The van der Waals surface area contributed by atoms with E-state index in [-0.39, 0.29) is 0 Å². The normalized spacial score (nSPS) is 14.6. The molecule has 0 bridgehead atoms. The maximum atomic E-state index is 9.76. The van der Waals surface area contributed by atoms with E-state index in [1.54, 1.807) is 36.8 Å². The molecular formula is C27H25Cl2N5OS. The highest BCUT2D eigenvalue weighted by Gasteiger charge is 2.17. The molecule has 184 valence electrons. The van der Waals surface area contributed by atoms with Crippen LogP contribution in [0.3, 0.4) is 0 Å². The summed E-state index contributed by atoms with van der Waals surface area (Å²) in [6.45, 7) is 5.39. The topological polar surface area (TPSA) is 64.4 Å². The number of anilines is 2. The molecule has 0 aliphatic carbocycles. The predicted molar refractivity (Wildman–Crippen MR) is 149 cm³/mol. The summed E-state index contributed by atoms with van der Waals surface area (Å²) in [6, 6.07) is 16.4. The number of methoxy groups -OCH3 is 1. The van der Waals surface area contributed by atoms with Gasteiger partial charge in [0.25, 0.3) is 0 Å². The molecule has 0 unspecified atom stereocenters. The lowest BCUT2D eigenvalue weighted by atomic mass is 10.1. The third-order valence-corrected chi connectivity index (χ3v) is 8.20. The van der Waals surface area contributed by atoms with Crippen LogP contribution in [0.1, 0.15) is 11.1 Å². The van der Waals surface area contributed by atoms with Gasteiger partial charge < -0.3 is 15.0 Å². The highest BCUT2D eigenvalue weighted by atomic mass is 35.5. The van der Waals surface area contributed by atoms with Crippen molar-refractivity contribution < 1.29 is 4.74 Å². The van der Waals surface area contributed by atoms with E-state index in [0.717, 1.165) is 53.4 Å². The molecular weight excluding hydrogens is 513 g/mol. The first-order valence-electron chi connectivity index (χ1n) is 11.6. The number of thiophene rings is 1. The van der Waals surface area contributed by atoms with Gasteiger partial charge in [-0.05, 0) is 30.3 Å². The van der Waals surface area contributed by atoms with Gasteiger partial charge in [-0.3, -0.25) is 9.88 Å². The second-order valence-corrected chi connectivity index (χ2v) is 10.7. The molecule has 2 aromatic carbocycles. The van der Waals surface area contributed by atoms with Crippen molar-refractivity contribution in [1.82, 2.24) is 14.8 Å². The van der Waals surface area contributed by atoms with E-state index < -0.39 is 0 Å². The maximum Gasteiger partial charge on any atom is 0.139 e. The number of hydrogen-bond acceptors (Lipinski definition) is 7. The van der Waals surface area contributed by atoms with Crippen LogP contribution >= 0.6 is 34.5 Å². The minimum absolute atomic E-state index is 0.419. The van der Waals surface area contributed by atoms with Crippen LogP contribution < -0.4 is 10.1 Å². The van der Waals surface area contributed by atoms with Gasteiger partial charge in [0.15, 0.2) is 0 Å². The Hall–Kier alpha value is -2.86. The van der Waals surface area contributed by atoms with Crippen LogP contribution in [-0.2, 0) is 6.54 Å². The molecule has 1 N–H and O–H groups in total. The van der Waals surface area contributed by atoms with Gasteiger partial charge in [-0.25, -0.2) is 0 Å². The fraction of sp³-hybridized carbons (Fsp3) is 0.259. The van der Waals surface area contributed by atoms with Crippen LogP contribution in [0.2, 0.25) is 10.0 Å². The van der Waals surface area contributed by atoms with Crippen LogP contribution in [0.4, 0.5) is 11.4 Å². The summed E-state index contributed by atoms with van der Waals surface area (Å²) in [6.07, 6.45) is 1.58. The molecule has 9 heteroatoms. The number of likely N-dealkylation sites (N-methyl/N-ethyl adjacent to an activating group) is 1. The van der Waals surface area contributed by atoms with Crippen LogP contribution in [0.15, 0.2) is 48.7 Å². The lowest BCUT2D eigenvalue weighted by Gasteiger charge is -2.32. The van der Waals surface area contributed by atoms with Gasteiger partial charge >= 0.3 is 0 Å². The summed E-state index contributed by atoms with van der Waals surface area (Å²) in [4.78, 5) is 10.5. The number of benzene rings is 2. The number of fused-ring (bicyclic) bond motifs is 1. The fourth-order valence-electron chi connectivity index (χ4n) is 4.28. The summed E-state index contributed by atoms with van der Waals surface area (Å²) in [5.74, 6) is 0.496. The van der Waals surface area contributed by atoms with Crippen LogP contribution in [-0.4, -0.2) is 55.1 Å². The van der Waals surface area contributed by atoms with E-state index in [2.05, 4.69) is 63.5 Å². The second-order valence-electron chi connectivity index (χ2n) is 8.85. The van der Waals surface area contributed by atoms with E-state index in [9.17, 15) is 5.26 Å². The average Bonchev–Trinajstić information content (AvgIpc) is 3.32. The van der Waals surface area contributed by atoms with E-state index in [0.29, 0.717) is 32.7 Å². The zero-order valence-electron chi connectivity index (χ0n) is 20.0. The van der Waals surface area contributed by atoms with Crippen LogP contribution in [0.5, 0.6) is 5.75 Å². The van der Waals surface area contributed by atoms with Gasteiger partial charge in [-0.15, -0.1) is 11.3 Å². The van der Waals surface area contributed by atoms with E-state index in [4.69, 9.17) is 27.9 Å². The van der Waals surface area contributed by atoms with Crippen molar-refractivity contribution >= 4 is 56.1 Å². The molecule has 1 saturated heterocycles. The minimum atomic E-state index is 0.419. The lowest BCUT2D eigenvalue weighted by Crippen LogP contribution is -2.43. The zero-order chi connectivity index (χ0) is 25.2. The van der Waals surface area contributed by atoms with E-state index in [1.807, 2.05) is 0 Å². The number of halogens is 2. The Morgan fingerprint density at radius 1 is 1.08 bits per heavy atom. The molecule has 4 aromatic rings. The Labute approximate surface area is 224 Å². The van der Waals surface area contributed by atoms with Gasteiger partial charge in [-0.2, -0.15) is 5.26 Å². The Morgan fingerprint density at radius 3 is 2.53 bits per heavy atom. The molecule has 36 heavy (non-hydrogen) atoms. The molecule has 1 aliphatic rings. The predicted octanol–water partition coefficient (Wildman–Crippen LogP) is 6.64. The van der Waals surface area contributed by atoms with Crippen molar-refractivity contribution in [2.75, 3.05) is 45.7 Å². The summed E-state index contributed by atoms with van der Waals surface area (Å²) < 4.78 is 6.22. The summed E-state index contributed by atoms with van der Waals surface area (Å²) in [7, 11) is 3.72. The van der Waals surface area contributed by atoms with Crippen molar-refractivity contribution in [2.24, 2.45) is 0 Å². The number of nitrogens with zero attached hydrogens (tertiary/aromatic N) is 4. The van der Waals surface area contributed by atoms with Gasteiger partial charge in [0, 0.05) is 49.9 Å². The molecule has 1 fully saturated rings. The van der Waals surface area contributed by atoms with Crippen molar-refractivity contribution in [1.29, 1.82) is 5.26 Å². The highest BCUT2D eigenvalue weighted by Crippen LogP contribution is 2.41. The van der Waals surface area contributed by atoms with E-state index in [1.165, 1.54) is 5.56 Å². The second kappa shape index (κ2) is 10.6. The molecule has 6 nitrogen and oxygen atoms in total. The van der Waals surface area contributed by atoms with Crippen LogP contribution in [0.25, 0.3) is 20.7 Å². The summed E-state index contributed by atoms with van der Waals surface area (Å²) in [5, 5.41) is 13.9. The third kappa shape index (κ3) is 5.15. The number of rotatable bonds is 6. The standard InChI is InChI=1S/C27H25Cl2N5OS/c1-33-7-9-34(10-8-33)16-17-3-5-18(6-4-17)25-13-23-27(36-25)26(19(14-30)15-31-23)32-22-12-24(35-2)21(29)11-20(22)28/h3-6,11-13,15H,7-10,16H2,1-2H3,(H,31,32). The quantitative estimate of drug-likeness (QED) is 0.297. The number of piperazine rings is 1. The van der Waals surface area contributed by atoms with Gasteiger partial charge in [0.2, 0.25) is 0 Å². The third-order valence-electron chi connectivity index (χ3n) is 6.40. The first-order chi connectivity index (χ1) is 17.4. The maximum absolute atomic E-state index is 9.76. The molecule has 0 spiro atoms. The van der Waals surface area contributed by atoms with Crippen molar-refractivity contribution in [3.05, 3.63) is 69.8 Å². The van der Waals surface area contributed by atoms with Gasteiger partial charge in [0.1, 0.15) is 11.8 Å². The summed E-state index contributed by atoms with van der Waals surface area (Å²) >= 11 is 14.2. The lowest BCUT2D eigenvalue weighted by molar-refractivity contribution is 0.148. The minimum Gasteiger partial charge on any atom is -0.495 e. The van der Waals surface area contributed by atoms with E-state index >= 15 is 0 Å². The molecule has 0 saturated carbocycles. The number of ether oxygens (including phenoxy) is 1. The first-order valence-corrected chi connectivity index (χ1v) is 13.2. The van der Waals surface area contributed by atoms with Crippen molar-refractivity contribution in [3.63, 3.8) is 0 Å². The molecule has 0 radical (unpaired) electrons. The smallest absolute Gasteiger partial charge is 0.139 e. The SMILES string of the molecule is COc1cc(Nc2c(C#N)cnc3cc(-c4ccc(CN5CCN(C)CC5)cc4)sc23)c(Cl)cc1Cl. The Bertz CT molecular complexity index is 1440. The molecule has 5 rings (SSSR count). The molecule has 0 amide bonds. The first kappa shape index (κ1) is 24.8. The monoisotopic (exact) mass is 537 g/mol. The van der Waals surface area contributed by atoms with Gasteiger partial charge in [-0.1, -0.05) is 47.5 Å². The van der Waals surface area contributed by atoms with Crippen LogP contribution in [0, 0.1) is 11.3 Å². The van der Waals surface area contributed by atoms with Crippen molar-refractivity contribution in [3.8, 4) is 22.3 Å². The Balaban J connectivity index is 1.44. The zero-order valence-corrected chi connectivity index (χ0v) is 22.3. The molecule has 2 aromatic heterocycles. The summed E-state index contributed by atoms with van der Waals surface area (Å²) in [5.41, 5.74) is 4.94. The highest BCUT2D eigenvalue weighted by molar-refractivity contribution is 7.22. The molecule has 3 heterocycles. The fourth-order valence-corrected chi connectivity index (χ4v) is 5.91. The number of nitrogens with one attached hydrogen (secondary N) is 1. The largest absolute Gasteiger partial charge is 0.495 e. The number of hydrogen-bond donors (Lipinski definition) is 1. The number of aromatic nitrogens is 1. The number of pyridine rings is 1. The van der Waals surface area contributed by atoms with Gasteiger partial charge in [0.05, 0.1) is 44.3 Å². The molecule has 1 aliphatic heterocycles. The Morgan fingerprint density at radius 2 is 1.83 bits per heavy atom.